The molecule has 2 fully saturated rings. The maximum absolute atomic E-state index is 11.8. The minimum absolute atomic E-state index is 0.198. The molecule has 4 aliphatic rings. The second kappa shape index (κ2) is 4.72. The molecule has 0 spiro atoms. The number of hydrogen-bond donors (Lipinski definition) is 0. The third kappa shape index (κ3) is 1.83. The molecule has 3 atom stereocenters. The van der Waals surface area contributed by atoms with Crippen molar-refractivity contribution in [2.45, 2.75) is 50.7 Å². The van der Waals surface area contributed by atoms with Crippen molar-refractivity contribution >= 4 is 11.7 Å². The molecule has 4 rings (SSSR count). The van der Waals surface area contributed by atoms with Crippen molar-refractivity contribution in [3.63, 3.8) is 0 Å². The van der Waals surface area contributed by atoms with E-state index in [0.29, 0.717) is 6.04 Å². The van der Waals surface area contributed by atoms with Crippen molar-refractivity contribution < 1.29 is 14.0 Å². The number of allylic oxidation sites excluding steroid dienone is 2. The lowest BCUT2D eigenvalue weighted by Gasteiger charge is -2.54. The van der Waals surface area contributed by atoms with E-state index in [1.54, 1.807) is 0 Å². The number of quaternary nitrogens is 1. The fourth-order valence-corrected chi connectivity index (χ4v) is 4.79. The van der Waals surface area contributed by atoms with Crippen LogP contribution in [0.4, 0.5) is 0 Å². The molecule has 0 N–H and O–H groups in total. The maximum Gasteiger partial charge on any atom is 0.303 e. The number of carbonyl (C=O) groups is 1. The standard InChI is InChI=1S/C18H24N2O2/c1-13(21)22-18-10-12-20(2)11-6-5-9-16(20)17(18)19-15-8-4-3-7-14(15)18/h4,7-8,16H,3,5-6,9-12H2,1-2H3/t16-,18+,20+/m1/s1. The van der Waals surface area contributed by atoms with E-state index in [4.69, 9.17) is 9.73 Å². The Balaban J connectivity index is 1.81. The number of piperidine rings is 2. The molecule has 118 valence electrons. The summed E-state index contributed by atoms with van der Waals surface area (Å²) in [4.78, 5) is 16.8. The predicted molar refractivity (Wildman–Crippen MR) is 85.2 cm³/mol. The van der Waals surface area contributed by atoms with Crippen LogP contribution >= 0.6 is 0 Å². The average Bonchev–Trinajstić information content (AvgIpc) is 2.81. The summed E-state index contributed by atoms with van der Waals surface area (Å²) in [5, 5.41) is 0. The number of nitrogens with zero attached hydrogens (tertiary/aromatic N) is 2. The normalized spacial score (nSPS) is 39.4. The summed E-state index contributed by atoms with van der Waals surface area (Å²) in [5.74, 6) is -0.198. The van der Waals surface area contributed by atoms with Gasteiger partial charge in [-0.1, -0.05) is 12.1 Å². The first-order chi connectivity index (χ1) is 10.6. The Bertz CT molecular complexity index is 619. The zero-order chi connectivity index (χ0) is 15.4. The number of esters is 1. The van der Waals surface area contributed by atoms with Crippen molar-refractivity contribution in [2.24, 2.45) is 4.99 Å². The van der Waals surface area contributed by atoms with Crippen LogP contribution in [0.2, 0.25) is 0 Å². The zero-order valence-electron chi connectivity index (χ0n) is 13.5. The molecular weight excluding hydrogens is 276 g/mol. The number of ether oxygens (including phenoxy) is 1. The largest absolute Gasteiger partial charge is 0.451 e. The van der Waals surface area contributed by atoms with Crippen LogP contribution in [0.5, 0.6) is 0 Å². The maximum atomic E-state index is 11.8. The third-order valence-corrected chi connectivity index (χ3v) is 5.86. The molecule has 0 saturated carbocycles. The van der Waals surface area contributed by atoms with Gasteiger partial charge < -0.3 is 14.2 Å². The van der Waals surface area contributed by atoms with Gasteiger partial charge in [0, 0.05) is 19.8 Å². The van der Waals surface area contributed by atoms with Gasteiger partial charge in [-0.15, -0.1) is 17.7 Å². The third-order valence-electron chi connectivity index (χ3n) is 5.86. The van der Waals surface area contributed by atoms with Gasteiger partial charge in [0.25, 0.3) is 0 Å². The van der Waals surface area contributed by atoms with Crippen LogP contribution in [0.1, 0.15) is 39.0 Å². The second-order valence-electron chi connectivity index (χ2n) is 7.25. The van der Waals surface area contributed by atoms with Gasteiger partial charge >= 0.3 is 5.97 Å². The van der Waals surface area contributed by atoms with Gasteiger partial charge in [0.15, 0.2) is 5.60 Å². The molecule has 3 aliphatic heterocycles. The van der Waals surface area contributed by atoms with Gasteiger partial charge in [0.2, 0.25) is 0 Å². The Morgan fingerprint density at radius 3 is 3.14 bits per heavy atom. The van der Waals surface area contributed by atoms with Crippen molar-refractivity contribution in [3.8, 4) is 0 Å². The van der Waals surface area contributed by atoms with E-state index in [2.05, 4.69) is 25.6 Å². The Hall–Kier alpha value is -1.55. The second-order valence-corrected chi connectivity index (χ2v) is 7.25. The minimum Gasteiger partial charge on any atom is -0.451 e. The lowest BCUT2D eigenvalue weighted by atomic mass is 9.74. The molecule has 4 heteroatoms. The highest BCUT2D eigenvalue weighted by Crippen LogP contribution is 2.48. The van der Waals surface area contributed by atoms with Crippen molar-refractivity contribution in [3.05, 3.63) is 29.8 Å². The number of hydrogen-bond acceptors (Lipinski definition) is 3. The van der Waals surface area contributed by atoms with Crippen molar-refractivity contribution in [1.29, 1.82) is 0 Å². The molecular formula is C18H24N2O2. The Morgan fingerprint density at radius 2 is 2.32 bits per heavy atom. The fraction of sp³-hybridized carbons (Fsp3) is 0.611. The van der Waals surface area contributed by atoms with Gasteiger partial charge in [-0.05, 0) is 12.8 Å². The Morgan fingerprint density at radius 1 is 1.45 bits per heavy atom. The van der Waals surface area contributed by atoms with E-state index in [1.807, 2.05) is 0 Å². The molecule has 1 aliphatic carbocycles. The summed E-state index contributed by atoms with van der Waals surface area (Å²) < 4.78 is 7.03. The molecule has 0 bridgehead atoms. The highest BCUT2D eigenvalue weighted by Gasteiger charge is 2.56. The monoisotopic (exact) mass is 300 g/mol. The first-order valence-electron chi connectivity index (χ1n) is 8.43. The van der Waals surface area contributed by atoms with E-state index in [1.165, 1.54) is 26.3 Å². The predicted octanol–water partition coefficient (Wildman–Crippen LogP) is 2.56. The number of fused-ring (bicyclic) bond motifs is 4. The topological polar surface area (TPSA) is 38.7 Å². The van der Waals surface area contributed by atoms with Gasteiger partial charge in [0.05, 0.1) is 20.1 Å². The molecule has 0 amide bonds. The van der Waals surface area contributed by atoms with Crippen LogP contribution in [0.3, 0.4) is 0 Å². The van der Waals surface area contributed by atoms with Crippen LogP contribution in [0, 0.1) is 6.42 Å². The lowest BCUT2D eigenvalue weighted by molar-refractivity contribution is -0.931. The minimum atomic E-state index is -0.578. The van der Waals surface area contributed by atoms with E-state index in [0.717, 1.165) is 47.3 Å². The molecule has 0 radical (unpaired) electrons. The molecule has 0 aromatic rings. The molecule has 4 nitrogen and oxygen atoms in total. The van der Waals surface area contributed by atoms with Crippen LogP contribution < -0.4 is 0 Å². The van der Waals surface area contributed by atoms with E-state index >= 15 is 0 Å². The first-order valence-corrected chi connectivity index (χ1v) is 8.43. The molecule has 0 aromatic carbocycles. The molecule has 0 unspecified atom stereocenters. The zero-order valence-corrected chi connectivity index (χ0v) is 13.5. The van der Waals surface area contributed by atoms with Gasteiger partial charge in [-0.25, -0.2) is 6.42 Å². The molecule has 0 aromatic heterocycles. The first kappa shape index (κ1) is 14.1. The summed E-state index contributed by atoms with van der Waals surface area (Å²) >= 11 is 0. The molecule has 3 heterocycles. The van der Waals surface area contributed by atoms with Gasteiger partial charge in [-0.3, -0.25) is 4.79 Å². The number of carbonyl (C=O) groups excluding carboxylic acids is 1. The number of rotatable bonds is 1. The van der Waals surface area contributed by atoms with Crippen molar-refractivity contribution in [2.75, 3.05) is 20.1 Å². The lowest BCUT2D eigenvalue weighted by Crippen LogP contribution is -2.68. The average molecular weight is 300 g/mol. The summed E-state index contributed by atoms with van der Waals surface area (Å²) in [6, 6.07) is 0.397. The summed E-state index contributed by atoms with van der Waals surface area (Å²) in [7, 11) is 2.35. The van der Waals surface area contributed by atoms with Crippen LogP contribution in [-0.2, 0) is 9.53 Å². The smallest absolute Gasteiger partial charge is 0.303 e. The van der Waals surface area contributed by atoms with Crippen LogP contribution in [0.15, 0.2) is 28.4 Å². The molecule has 2 saturated heterocycles. The number of aliphatic imine (C=N–C) groups is 1. The SMILES string of the molecule is CC(=O)O[C@]12CC[N@+]3(C)CCCC[C@@H]3C1=NC1=C2[CH-]CC=C1. The fourth-order valence-electron chi connectivity index (χ4n) is 4.79. The summed E-state index contributed by atoms with van der Waals surface area (Å²) in [6.45, 7) is 3.79. The quantitative estimate of drug-likeness (QED) is 0.424. The highest BCUT2D eigenvalue weighted by molar-refractivity contribution is 6.04. The van der Waals surface area contributed by atoms with Crippen molar-refractivity contribution in [1.82, 2.24) is 0 Å². The van der Waals surface area contributed by atoms with Crippen LogP contribution in [0.25, 0.3) is 0 Å². The van der Waals surface area contributed by atoms with E-state index in [-0.39, 0.29) is 5.97 Å². The van der Waals surface area contributed by atoms with E-state index < -0.39 is 5.60 Å². The van der Waals surface area contributed by atoms with E-state index in [9.17, 15) is 4.79 Å². The Kier molecular flexibility index (Phi) is 3.02. The highest BCUT2D eigenvalue weighted by atomic mass is 16.6. The Labute approximate surface area is 132 Å². The van der Waals surface area contributed by atoms with Crippen LogP contribution in [-0.4, -0.2) is 47.9 Å². The van der Waals surface area contributed by atoms with Gasteiger partial charge in [-0.2, -0.15) is 0 Å². The summed E-state index contributed by atoms with van der Waals surface area (Å²) in [6.07, 6.45) is 11.9. The molecule has 22 heavy (non-hydrogen) atoms. The summed E-state index contributed by atoms with van der Waals surface area (Å²) in [5.41, 5.74) is 2.69. The van der Waals surface area contributed by atoms with Gasteiger partial charge in [0.1, 0.15) is 11.8 Å².